The number of methoxy groups -OCH3 is 1. The van der Waals surface area contributed by atoms with Gasteiger partial charge in [0.15, 0.2) is 0 Å². The molecule has 1 fully saturated rings. The number of carbonyl (C=O) groups is 1. The third-order valence-electron chi connectivity index (χ3n) is 4.35. The zero-order valence-electron chi connectivity index (χ0n) is 13.7. The second-order valence-corrected chi connectivity index (χ2v) is 5.89. The smallest absolute Gasteiger partial charge is 0.326 e. The largest absolute Gasteiger partial charge is 0.468 e. The lowest BCUT2D eigenvalue weighted by molar-refractivity contribution is -0.151. The molecule has 0 amide bonds. The standard InChI is InChI=1S/C16H32N2O2/c1-5-11-18(12-6-2)14-9-8-10-16(13-14,17-7-3)15(19)20-4/h14,17H,5-13H2,1-4H3. The van der Waals surface area contributed by atoms with Gasteiger partial charge in [0.2, 0.25) is 0 Å². The first-order valence-electron chi connectivity index (χ1n) is 8.21. The summed E-state index contributed by atoms with van der Waals surface area (Å²) in [4.78, 5) is 14.8. The summed E-state index contributed by atoms with van der Waals surface area (Å²) in [6.45, 7) is 9.57. The van der Waals surface area contributed by atoms with E-state index in [4.69, 9.17) is 4.74 Å². The van der Waals surface area contributed by atoms with Gasteiger partial charge in [-0.2, -0.15) is 0 Å². The summed E-state index contributed by atoms with van der Waals surface area (Å²) in [5, 5.41) is 3.42. The van der Waals surface area contributed by atoms with E-state index >= 15 is 0 Å². The normalized spacial score (nSPS) is 26.8. The molecule has 20 heavy (non-hydrogen) atoms. The zero-order valence-corrected chi connectivity index (χ0v) is 13.7. The summed E-state index contributed by atoms with van der Waals surface area (Å²) in [5.74, 6) is -0.0861. The fourth-order valence-corrected chi connectivity index (χ4v) is 3.56. The Balaban J connectivity index is 2.82. The monoisotopic (exact) mass is 284 g/mol. The van der Waals surface area contributed by atoms with Crippen molar-refractivity contribution < 1.29 is 9.53 Å². The fourth-order valence-electron chi connectivity index (χ4n) is 3.56. The zero-order chi connectivity index (χ0) is 15.0. The second kappa shape index (κ2) is 8.63. The first-order valence-corrected chi connectivity index (χ1v) is 8.21. The minimum absolute atomic E-state index is 0.0861. The molecule has 0 bridgehead atoms. The second-order valence-electron chi connectivity index (χ2n) is 5.89. The van der Waals surface area contributed by atoms with Crippen LogP contribution in [0, 0.1) is 0 Å². The molecular weight excluding hydrogens is 252 g/mol. The van der Waals surface area contributed by atoms with E-state index in [1.807, 2.05) is 0 Å². The Labute approximate surface area is 124 Å². The van der Waals surface area contributed by atoms with Gasteiger partial charge >= 0.3 is 5.97 Å². The highest BCUT2D eigenvalue weighted by Crippen LogP contribution is 2.32. The van der Waals surface area contributed by atoms with Crippen LogP contribution in [0.25, 0.3) is 0 Å². The van der Waals surface area contributed by atoms with Gasteiger partial charge in [-0.1, -0.05) is 20.8 Å². The molecule has 0 spiro atoms. The summed E-state index contributed by atoms with van der Waals surface area (Å²) in [7, 11) is 1.50. The average Bonchev–Trinajstić information content (AvgIpc) is 2.46. The van der Waals surface area contributed by atoms with Crippen LogP contribution in [0.1, 0.15) is 59.3 Å². The quantitative estimate of drug-likeness (QED) is 0.696. The minimum atomic E-state index is -0.466. The summed E-state index contributed by atoms with van der Waals surface area (Å²) < 4.78 is 5.07. The summed E-state index contributed by atoms with van der Waals surface area (Å²) in [5.41, 5.74) is -0.466. The van der Waals surface area contributed by atoms with Crippen LogP contribution in [0.2, 0.25) is 0 Å². The van der Waals surface area contributed by atoms with E-state index in [1.165, 1.54) is 26.4 Å². The van der Waals surface area contributed by atoms with Crippen LogP contribution >= 0.6 is 0 Å². The van der Waals surface area contributed by atoms with Gasteiger partial charge in [0, 0.05) is 6.04 Å². The lowest BCUT2D eigenvalue weighted by Crippen LogP contribution is -2.58. The van der Waals surface area contributed by atoms with Crippen molar-refractivity contribution in [2.45, 2.75) is 70.9 Å². The lowest BCUT2D eigenvalue weighted by atomic mass is 9.78. The Bertz CT molecular complexity index is 286. The Hall–Kier alpha value is -0.610. The molecule has 1 aliphatic rings. The number of rotatable bonds is 8. The van der Waals surface area contributed by atoms with Gasteiger partial charge in [0.05, 0.1) is 7.11 Å². The molecule has 0 saturated heterocycles. The van der Waals surface area contributed by atoms with Crippen molar-refractivity contribution in [3.8, 4) is 0 Å². The van der Waals surface area contributed by atoms with Crippen molar-refractivity contribution in [1.29, 1.82) is 0 Å². The Morgan fingerprint density at radius 1 is 1.30 bits per heavy atom. The highest BCUT2D eigenvalue weighted by atomic mass is 16.5. The number of ether oxygens (including phenoxy) is 1. The third kappa shape index (κ3) is 4.19. The van der Waals surface area contributed by atoms with Crippen LogP contribution in [0.3, 0.4) is 0 Å². The number of nitrogens with one attached hydrogen (secondary N) is 1. The molecule has 0 radical (unpaired) electrons. The number of nitrogens with zero attached hydrogens (tertiary/aromatic N) is 1. The van der Waals surface area contributed by atoms with Crippen LogP contribution in [0.5, 0.6) is 0 Å². The van der Waals surface area contributed by atoms with Crippen molar-refractivity contribution >= 4 is 5.97 Å². The first-order chi connectivity index (χ1) is 9.63. The van der Waals surface area contributed by atoms with Gasteiger partial charge in [0.25, 0.3) is 0 Å². The summed E-state index contributed by atoms with van der Waals surface area (Å²) in [6.07, 6.45) is 6.41. The van der Waals surface area contributed by atoms with E-state index in [9.17, 15) is 4.79 Å². The maximum absolute atomic E-state index is 12.3. The van der Waals surface area contributed by atoms with Gasteiger partial charge < -0.3 is 15.0 Å². The van der Waals surface area contributed by atoms with Crippen LogP contribution < -0.4 is 5.32 Å². The van der Waals surface area contributed by atoms with Crippen molar-refractivity contribution in [2.75, 3.05) is 26.7 Å². The molecule has 0 aliphatic heterocycles. The molecule has 4 nitrogen and oxygen atoms in total. The van der Waals surface area contributed by atoms with Crippen LogP contribution in [0.4, 0.5) is 0 Å². The Kier molecular flexibility index (Phi) is 7.52. The Morgan fingerprint density at radius 2 is 1.95 bits per heavy atom. The van der Waals surface area contributed by atoms with Crippen molar-refractivity contribution in [2.24, 2.45) is 0 Å². The summed E-state index contributed by atoms with van der Waals surface area (Å²) >= 11 is 0. The average molecular weight is 284 g/mol. The summed E-state index contributed by atoms with van der Waals surface area (Å²) in [6, 6.07) is 0.502. The maximum Gasteiger partial charge on any atom is 0.326 e. The molecule has 1 rings (SSSR count). The van der Waals surface area contributed by atoms with Gasteiger partial charge in [-0.05, 0) is 58.2 Å². The topological polar surface area (TPSA) is 41.6 Å². The number of carbonyl (C=O) groups excluding carboxylic acids is 1. The van der Waals surface area contributed by atoms with Crippen LogP contribution in [0.15, 0.2) is 0 Å². The molecule has 1 saturated carbocycles. The third-order valence-corrected chi connectivity index (χ3v) is 4.35. The van der Waals surface area contributed by atoms with Crippen LogP contribution in [-0.4, -0.2) is 49.2 Å². The number of hydrogen-bond donors (Lipinski definition) is 1. The SMILES string of the molecule is CCCN(CCC)C1CCCC(NCC)(C(=O)OC)C1. The van der Waals surface area contributed by atoms with E-state index in [-0.39, 0.29) is 5.97 Å². The molecule has 1 aliphatic carbocycles. The van der Waals surface area contributed by atoms with Crippen molar-refractivity contribution in [3.63, 3.8) is 0 Å². The lowest BCUT2D eigenvalue weighted by Gasteiger charge is -2.43. The minimum Gasteiger partial charge on any atom is -0.468 e. The highest BCUT2D eigenvalue weighted by Gasteiger charge is 2.44. The van der Waals surface area contributed by atoms with E-state index < -0.39 is 5.54 Å². The number of esters is 1. The van der Waals surface area contributed by atoms with E-state index in [1.54, 1.807) is 0 Å². The first kappa shape index (κ1) is 17.4. The molecule has 0 heterocycles. The van der Waals surface area contributed by atoms with Crippen molar-refractivity contribution in [1.82, 2.24) is 10.2 Å². The molecular formula is C16H32N2O2. The van der Waals surface area contributed by atoms with E-state index in [0.717, 1.165) is 38.9 Å². The van der Waals surface area contributed by atoms with Gasteiger partial charge in [-0.25, -0.2) is 0 Å². The molecule has 0 aromatic heterocycles. The highest BCUT2D eigenvalue weighted by molar-refractivity contribution is 5.81. The van der Waals surface area contributed by atoms with Crippen LogP contribution in [-0.2, 0) is 9.53 Å². The molecule has 0 aromatic rings. The molecule has 0 aromatic carbocycles. The molecule has 118 valence electrons. The predicted octanol–water partition coefficient (Wildman–Crippen LogP) is 2.57. The number of likely N-dealkylation sites (N-methyl/N-ethyl adjacent to an activating group) is 1. The Morgan fingerprint density at radius 3 is 2.45 bits per heavy atom. The van der Waals surface area contributed by atoms with E-state index in [2.05, 4.69) is 31.0 Å². The van der Waals surface area contributed by atoms with E-state index in [0.29, 0.717) is 6.04 Å². The molecule has 4 heteroatoms. The fraction of sp³-hybridized carbons (Fsp3) is 0.938. The number of hydrogen-bond acceptors (Lipinski definition) is 4. The van der Waals surface area contributed by atoms with Crippen molar-refractivity contribution in [3.05, 3.63) is 0 Å². The molecule has 1 N–H and O–H groups in total. The molecule has 2 unspecified atom stereocenters. The van der Waals surface area contributed by atoms with Gasteiger partial charge in [-0.3, -0.25) is 4.79 Å². The van der Waals surface area contributed by atoms with Gasteiger partial charge in [0.1, 0.15) is 5.54 Å². The molecule has 2 atom stereocenters. The maximum atomic E-state index is 12.3. The predicted molar refractivity (Wildman–Crippen MR) is 82.8 cm³/mol. The van der Waals surface area contributed by atoms with Gasteiger partial charge in [-0.15, -0.1) is 0 Å².